The molecule has 2 heterocycles. The molecule has 0 atom stereocenters. The molecular formula is C22H26BrN2O2+. The maximum absolute atomic E-state index is 5.67. The highest BCUT2D eigenvalue weighted by Gasteiger charge is 2.28. The number of hydrogen-bond donors (Lipinski definition) is 0. The van der Waals surface area contributed by atoms with Crippen molar-refractivity contribution >= 4 is 17.0 Å². The monoisotopic (exact) mass is 429 g/mol. The fourth-order valence-corrected chi connectivity index (χ4v) is 3.79. The number of rotatable bonds is 4. The number of methoxy groups -OCH3 is 2. The summed E-state index contributed by atoms with van der Waals surface area (Å²) < 4.78 is 15.8. The summed E-state index contributed by atoms with van der Waals surface area (Å²) in [5.41, 5.74) is 3.46. The van der Waals surface area contributed by atoms with Crippen molar-refractivity contribution in [3.05, 3.63) is 60.6 Å². The van der Waals surface area contributed by atoms with Crippen LogP contribution in [0.4, 0.5) is 0 Å². The Morgan fingerprint density at radius 2 is 1.67 bits per heavy atom. The lowest BCUT2D eigenvalue weighted by Crippen LogP contribution is -2.35. The number of para-hydroxylation sites is 2. The van der Waals surface area contributed by atoms with Crippen molar-refractivity contribution < 1.29 is 14.0 Å². The molecule has 2 aromatic carbocycles. The molecule has 0 radical (unpaired) electrons. The van der Waals surface area contributed by atoms with Crippen LogP contribution in [0.1, 0.15) is 25.1 Å². The van der Waals surface area contributed by atoms with Crippen molar-refractivity contribution in [2.75, 3.05) is 14.2 Å². The van der Waals surface area contributed by atoms with Gasteiger partial charge in [0.15, 0.2) is 17.1 Å². The van der Waals surface area contributed by atoms with E-state index in [2.05, 4.69) is 39.6 Å². The number of aromatic nitrogens is 2. The van der Waals surface area contributed by atoms with Gasteiger partial charge in [-0.25, -0.2) is 4.57 Å². The maximum atomic E-state index is 5.67. The van der Waals surface area contributed by atoms with Gasteiger partial charge >= 0.3 is 0 Å². The molecule has 1 aromatic heterocycles. The Bertz CT molecular complexity index is 903. The number of fused-ring (bicyclic) bond motifs is 1. The molecular weight excluding hydrogens is 404 g/mol. The summed E-state index contributed by atoms with van der Waals surface area (Å²) in [6.45, 7) is 1.07. The molecule has 0 N–H and O–H groups in total. The van der Waals surface area contributed by atoms with Crippen molar-refractivity contribution in [1.82, 2.24) is 4.57 Å². The van der Waals surface area contributed by atoms with E-state index in [0.29, 0.717) is 0 Å². The maximum Gasteiger partial charge on any atom is 0.262 e. The molecule has 0 saturated heterocycles. The van der Waals surface area contributed by atoms with Gasteiger partial charge in [-0.15, -0.1) is 17.0 Å². The van der Waals surface area contributed by atoms with Gasteiger partial charge in [-0.2, -0.15) is 4.57 Å². The second kappa shape index (κ2) is 8.61. The fraction of sp³-hybridized carbons (Fsp3) is 0.318. The predicted octanol–water partition coefficient (Wildman–Crippen LogP) is 4.75. The zero-order valence-corrected chi connectivity index (χ0v) is 17.6. The van der Waals surface area contributed by atoms with Crippen LogP contribution < -0.4 is 14.0 Å². The molecule has 142 valence electrons. The summed E-state index contributed by atoms with van der Waals surface area (Å²) in [5, 5.41) is 0. The van der Waals surface area contributed by atoms with Crippen LogP contribution in [0, 0.1) is 0 Å². The van der Waals surface area contributed by atoms with Gasteiger partial charge in [0.1, 0.15) is 11.9 Å². The zero-order valence-electron chi connectivity index (χ0n) is 15.9. The molecule has 1 aliphatic rings. The predicted molar refractivity (Wildman–Crippen MR) is 112 cm³/mol. The third-order valence-corrected chi connectivity index (χ3v) is 5.12. The number of hydrogen-bond acceptors (Lipinski definition) is 2. The third kappa shape index (κ3) is 3.74. The highest BCUT2D eigenvalue weighted by Crippen LogP contribution is 2.31. The summed E-state index contributed by atoms with van der Waals surface area (Å²) >= 11 is 0. The van der Waals surface area contributed by atoms with Crippen LogP contribution >= 0.6 is 17.0 Å². The molecule has 0 spiro atoms. The van der Waals surface area contributed by atoms with Gasteiger partial charge in [0.2, 0.25) is 0 Å². The number of nitrogens with zero attached hydrogens (tertiary/aromatic N) is 2. The number of aryl methyl sites for hydroxylation is 1. The van der Waals surface area contributed by atoms with E-state index in [4.69, 9.17) is 9.47 Å². The Morgan fingerprint density at radius 3 is 2.41 bits per heavy atom. The first kappa shape index (κ1) is 19.5. The Kier molecular flexibility index (Phi) is 6.22. The summed E-state index contributed by atoms with van der Waals surface area (Å²) in [6.07, 6.45) is 7.10. The first-order chi connectivity index (χ1) is 12.8. The average Bonchev–Trinajstić information content (AvgIpc) is 2.90. The summed E-state index contributed by atoms with van der Waals surface area (Å²) in [4.78, 5) is 0. The van der Waals surface area contributed by atoms with E-state index in [0.717, 1.165) is 30.2 Å². The van der Waals surface area contributed by atoms with Crippen LogP contribution in [-0.2, 0) is 13.0 Å². The molecule has 0 aliphatic carbocycles. The first-order valence-electron chi connectivity index (χ1n) is 9.23. The minimum Gasteiger partial charge on any atom is -0.497 e. The molecule has 27 heavy (non-hydrogen) atoms. The highest BCUT2D eigenvalue weighted by atomic mass is 79.9. The molecule has 0 fully saturated rings. The van der Waals surface area contributed by atoms with E-state index in [1.807, 2.05) is 24.3 Å². The van der Waals surface area contributed by atoms with Crippen molar-refractivity contribution in [3.63, 3.8) is 0 Å². The zero-order chi connectivity index (χ0) is 17.9. The van der Waals surface area contributed by atoms with Crippen molar-refractivity contribution in [1.29, 1.82) is 0 Å². The fourth-order valence-electron chi connectivity index (χ4n) is 3.79. The van der Waals surface area contributed by atoms with Crippen LogP contribution in [0.15, 0.2) is 54.7 Å². The van der Waals surface area contributed by atoms with Gasteiger partial charge in [-0.1, -0.05) is 12.1 Å². The van der Waals surface area contributed by atoms with E-state index in [9.17, 15) is 0 Å². The second-order valence-corrected chi connectivity index (χ2v) is 6.67. The topological polar surface area (TPSA) is 27.3 Å². The molecule has 0 amide bonds. The Labute approximate surface area is 171 Å². The minimum atomic E-state index is 0. The quantitative estimate of drug-likeness (QED) is 0.559. The lowest BCUT2D eigenvalue weighted by molar-refractivity contribution is -0.702. The van der Waals surface area contributed by atoms with Crippen LogP contribution in [0.2, 0.25) is 0 Å². The van der Waals surface area contributed by atoms with Gasteiger partial charge < -0.3 is 9.47 Å². The number of ether oxygens (including phenoxy) is 2. The first-order valence-corrected chi connectivity index (χ1v) is 9.23. The lowest BCUT2D eigenvalue weighted by Gasteiger charge is -2.09. The molecule has 5 heteroatoms. The molecule has 4 nitrogen and oxygen atoms in total. The van der Waals surface area contributed by atoms with E-state index in [1.165, 1.54) is 36.3 Å². The molecule has 0 unspecified atom stereocenters. The minimum absolute atomic E-state index is 0. The molecule has 0 bridgehead atoms. The van der Waals surface area contributed by atoms with Crippen LogP contribution in [0.5, 0.6) is 11.5 Å². The van der Waals surface area contributed by atoms with E-state index in [-0.39, 0.29) is 17.0 Å². The van der Waals surface area contributed by atoms with E-state index >= 15 is 0 Å². The molecule has 4 rings (SSSR count). The van der Waals surface area contributed by atoms with Crippen molar-refractivity contribution in [2.45, 2.75) is 32.2 Å². The Balaban J connectivity index is 0.00000210. The standard InChI is InChI=1S/C22H25N2O2.BrH/c1-25-18-13-11-17(12-14-18)20-16-23-15-7-3-4-10-22(23)24(20)19-8-5-6-9-21(19)26-2;/h5-6,8-9,11-14,16H,3-4,7,10,15H2,1-2H3;1H/q+1;. The SMILES string of the molecule is Br.COc1ccc(-c2c[n+]3c(n2-c2ccccc2OC)CCCCC3)cc1. The number of imidazole rings is 1. The lowest BCUT2D eigenvalue weighted by atomic mass is 10.1. The highest BCUT2D eigenvalue weighted by molar-refractivity contribution is 8.93. The van der Waals surface area contributed by atoms with E-state index in [1.54, 1.807) is 14.2 Å². The largest absolute Gasteiger partial charge is 0.497 e. The van der Waals surface area contributed by atoms with Gasteiger partial charge in [-0.3, -0.25) is 0 Å². The Hall–Kier alpha value is -2.27. The molecule has 1 aliphatic heterocycles. The van der Waals surface area contributed by atoms with Gasteiger partial charge in [-0.05, 0) is 55.7 Å². The number of benzene rings is 2. The summed E-state index contributed by atoms with van der Waals surface area (Å²) in [5.74, 6) is 3.11. The number of halogens is 1. The average molecular weight is 430 g/mol. The van der Waals surface area contributed by atoms with Crippen LogP contribution in [0.25, 0.3) is 16.9 Å². The van der Waals surface area contributed by atoms with Crippen LogP contribution in [-0.4, -0.2) is 18.8 Å². The van der Waals surface area contributed by atoms with Gasteiger partial charge in [0.25, 0.3) is 5.82 Å². The van der Waals surface area contributed by atoms with Gasteiger partial charge in [0, 0.05) is 12.0 Å². The smallest absolute Gasteiger partial charge is 0.262 e. The molecule has 0 saturated carbocycles. The van der Waals surface area contributed by atoms with Crippen LogP contribution in [0.3, 0.4) is 0 Å². The Morgan fingerprint density at radius 1 is 0.889 bits per heavy atom. The van der Waals surface area contributed by atoms with Crippen molar-refractivity contribution in [2.24, 2.45) is 0 Å². The van der Waals surface area contributed by atoms with Crippen molar-refractivity contribution in [3.8, 4) is 28.4 Å². The van der Waals surface area contributed by atoms with E-state index < -0.39 is 0 Å². The second-order valence-electron chi connectivity index (χ2n) is 6.67. The normalized spacial score (nSPS) is 13.3. The summed E-state index contributed by atoms with van der Waals surface area (Å²) in [7, 11) is 3.44. The third-order valence-electron chi connectivity index (χ3n) is 5.12. The summed E-state index contributed by atoms with van der Waals surface area (Å²) in [6, 6.07) is 16.5. The molecule has 3 aromatic rings. The van der Waals surface area contributed by atoms with Gasteiger partial charge in [0.05, 0.1) is 20.8 Å².